The van der Waals surface area contributed by atoms with Crippen LogP contribution in [0.4, 0.5) is 0 Å². The molecule has 0 aromatic carbocycles. The number of aliphatic carboxylic acids is 1. The first kappa shape index (κ1) is 15.7. The summed E-state index contributed by atoms with van der Waals surface area (Å²) < 4.78 is 0. The molecule has 10 nitrogen and oxygen atoms in total. The molecule has 1 aliphatic heterocycles. The van der Waals surface area contributed by atoms with Crippen molar-refractivity contribution in [3.05, 3.63) is 5.21 Å². The number of carboxylic acid groups (broad SMARTS) is 1. The molecule has 20 heavy (non-hydrogen) atoms. The van der Waals surface area contributed by atoms with E-state index in [-0.39, 0.29) is 49.0 Å². The highest BCUT2D eigenvalue weighted by molar-refractivity contribution is 6.01. The van der Waals surface area contributed by atoms with Crippen molar-refractivity contribution in [1.82, 2.24) is 9.91 Å². The fourth-order valence-electron chi connectivity index (χ4n) is 1.51. The smallest absolute Gasteiger partial charge is 0.303 e. The summed E-state index contributed by atoms with van der Waals surface area (Å²) in [4.78, 5) is 38.4. The second kappa shape index (κ2) is 7.26. The Morgan fingerprint density at radius 1 is 1.50 bits per heavy atom. The second-order valence-electron chi connectivity index (χ2n) is 4.19. The Morgan fingerprint density at radius 3 is 2.65 bits per heavy atom. The van der Waals surface area contributed by atoms with Gasteiger partial charge in [0, 0.05) is 19.3 Å². The molecule has 0 spiro atoms. The molecule has 1 heterocycles. The molecule has 10 heteroatoms. The van der Waals surface area contributed by atoms with Crippen molar-refractivity contribution in [2.75, 3.05) is 20.3 Å². The Balaban J connectivity index is 2.31. The minimum atomic E-state index is -0.949. The lowest BCUT2D eigenvalue weighted by molar-refractivity contribution is -0.705. The molecule has 0 atom stereocenters. The van der Waals surface area contributed by atoms with Crippen LogP contribution in [0.15, 0.2) is 5.28 Å². The molecule has 2 amide bonds. The van der Waals surface area contributed by atoms with Gasteiger partial charge in [0.15, 0.2) is 0 Å². The molecule has 0 aromatic rings. The van der Waals surface area contributed by atoms with Gasteiger partial charge >= 0.3 is 5.97 Å². The second-order valence-corrected chi connectivity index (χ2v) is 4.19. The first-order valence-electron chi connectivity index (χ1n) is 5.98. The van der Waals surface area contributed by atoms with Crippen LogP contribution in [-0.4, -0.2) is 58.1 Å². The predicted octanol–water partition coefficient (Wildman–Crippen LogP) is -0.301. The maximum Gasteiger partial charge on any atom is 0.303 e. The fourth-order valence-corrected chi connectivity index (χ4v) is 1.51. The normalized spacial score (nSPS) is 15.7. The van der Waals surface area contributed by atoms with Crippen molar-refractivity contribution in [1.29, 1.82) is 0 Å². The fraction of sp³-hybridized carbons (Fsp3) is 0.700. The zero-order valence-corrected chi connectivity index (χ0v) is 11.0. The number of carboxylic acids is 1. The van der Waals surface area contributed by atoms with Crippen LogP contribution in [0.3, 0.4) is 0 Å². The highest BCUT2D eigenvalue weighted by atomic mass is 16.7. The Bertz CT molecular complexity index is 408. The summed E-state index contributed by atoms with van der Waals surface area (Å²) in [5.74, 6) is -1.68. The zero-order chi connectivity index (χ0) is 15.1. The third-order valence-corrected chi connectivity index (χ3v) is 2.63. The first-order valence-corrected chi connectivity index (χ1v) is 5.98. The van der Waals surface area contributed by atoms with Crippen LogP contribution in [0.1, 0.15) is 25.7 Å². The highest BCUT2D eigenvalue weighted by Crippen LogP contribution is 2.11. The van der Waals surface area contributed by atoms with Crippen LogP contribution in [0.2, 0.25) is 0 Å². The maximum absolute atomic E-state index is 11.4. The molecule has 0 aliphatic carbocycles. The van der Waals surface area contributed by atoms with Crippen LogP contribution >= 0.6 is 0 Å². The molecule has 1 aliphatic rings. The summed E-state index contributed by atoms with van der Waals surface area (Å²) in [6, 6.07) is 0. The number of hydrogen-bond acceptors (Lipinski definition) is 6. The van der Waals surface area contributed by atoms with Crippen molar-refractivity contribution in [2.45, 2.75) is 25.7 Å². The molecule has 1 N–H and O–H groups in total. The van der Waals surface area contributed by atoms with Gasteiger partial charge in [0.05, 0.1) is 18.6 Å². The van der Waals surface area contributed by atoms with Crippen molar-refractivity contribution < 1.29 is 29.3 Å². The number of hydrogen-bond donors (Lipinski definition) is 1. The lowest BCUT2D eigenvalue weighted by atomic mass is 10.3. The molecule has 0 bridgehead atoms. The van der Waals surface area contributed by atoms with E-state index in [0.717, 1.165) is 9.91 Å². The van der Waals surface area contributed by atoms with Crippen LogP contribution in [0.5, 0.6) is 0 Å². The van der Waals surface area contributed by atoms with E-state index >= 15 is 0 Å². The van der Waals surface area contributed by atoms with Gasteiger partial charge in [-0.05, 0) is 6.42 Å². The van der Waals surface area contributed by atoms with Crippen LogP contribution in [0.25, 0.3) is 0 Å². The predicted molar refractivity (Wildman–Crippen MR) is 62.6 cm³/mol. The largest absolute Gasteiger partial charge is 0.569 e. The van der Waals surface area contributed by atoms with Crippen LogP contribution < -0.4 is 0 Å². The number of carbonyl (C=O) groups is 3. The van der Waals surface area contributed by atoms with Crippen molar-refractivity contribution in [3.8, 4) is 0 Å². The van der Waals surface area contributed by atoms with Gasteiger partial charge in [-0.3, -0.25) is 14.4 Å². The van der Waals surface area contributed by atoms with Gasteiger partial charge < -0.3 is 15.2 Å². The van der Waals surface area contributed by atoms with Gasteiger partial charge in [-0.1, -0.05) is 0 Å². The van der Waals surface area contributed by atoms with Crippen molar-refractivity contribution in [2.24, 2.45) is 5.28 Å². The SMILES string of the molecule is CN(CCCC(=O)O)/[N+]([O-])=N\OCN1C(=O)CCC1=O. The highest BCUT2D eigenvalue weighted by Gasteiger charge is 2.29. The van der Waals surface area contributed by atoms with Gasteiger partial charge in [0.1, 0.15) is 0 Å². The molecule has 0 radical (unpaired) electrons. The zero-order valence-electron chi connectivity index (χ0n) is 11.0. The minimum absolute atomic E-state index is 0.0597. The minimum Gasteiger partial charge on any atom is -0.569 e. The topological polar surface area (TPSA) is 126 Å². The van der Waals surface area contributed by atoms with Gasteiger partial charge in [-0.25, -0.2) is 4.90 Å². The summed E-state index contributed by atoms with van der Waals surface area (Å²) in [5.41, 5.74) is 0. The van der Waals surface area contributed by atoms with E-state index in [1.807, 2.05) is 0 Å². The van der Waals surface area contributed by atoms with E-state index in [1.165, 1.54) is 7.05 Å². The summed E-state index contributed by atoms with van der Waals surface area (Å²) in [6.45, 7) is -0.219. The molecule has 1 fully saturated rings. The summed E-state index contributed by atoms with van der Waals surface area (Å²) >= 11 is 0. The Kier molecular flexibility index (Phi) is 5.69. The number of carbonyl (C=O) groups excluding carboxylic acids is 2. The molecule has 0 unspecified atom stereocenters. The van der Waals surface area contributed by atoms with Crippen LogP contribution in [0, 0.1) is 5.21 Å². The van der Waals surface area contributed by atoms with E-state index in [4.69, 9.17) is 5.11 Å². The van der Waals surface area contributed by atoms with Crippen LogP contribution in [-0.2, 0) is 19.2 Å². The van der Waals surface area contributed by atoms with Gasteiger partial charge in [-0.2, -0.15) is 0 Å². The lowest BCUT2D eigenvalue weighted by Gasteiger charge is -2.13. The molecule has 0 aromatic heterocycles. The summed E-state index contributed by atoms with van der Waals surface area (Å²) in [7, 11) is 1.41. The maximum atomic E-state index is 11.4. The molecule has 0 saturated carbocycles. The Hall–Kier alpha value is -2.39. The lowest BCUT2D eigenvalue weighted by Crippen LogP contribution is -2.32. The van der Waals surface area contributed by atoms with Crippen molar-refractivity contribution >= 4 is 17.8 Å². The number of amides is 2. The Morgan fingerprint density at radius 2 is 2.10 bits per heavy atom. The number of hydrazine groups is 1. The molecule has 1 rings (SSSR count). The number of imide groups is 1. The Labute approximate surface area is 114 Å². The van der Waals surface area contributed by atoms with E-state index in [2.05, 4.69) is 10.1 Å². The van der Waals surface area contributed by atoms with Crippen molar-refractivity contribution in [3.63, 3.8) is 0 Å². The molecular formula is C10H16N4O6. The number of rotatable bonds is 8. The molecular weight excluding hydrogens is 272 g/mol. The van der Waals surface area contributed by atoms with E-state index in [0.29, 0.717) is 0 Å². The number of nitrogens with zero attached hydrogens (tertiary/aromatic N) is 4. The summed E-state index contributed by atoms with van der Waals surface area (Å²) in [6.07, 6.45) is 0.496. The standard InChI is InChI=1S/C10H16N4O6/c1-12(6-2-3-10(17)18)14(19)11-20-7-13-8(15)4-5-9(13)16/h2-7H2,1H3,(H,17,18)/b14-11+. The van der Waals surface area contributed by atoms with E-state index in [1.54, 1.807) is 0 Å². The quantitative estimate of drug-likeness (QED) is 0.281. The summed E-state index contributed by atoms with van der Waals surface area (Å²) in [5, 5.41) is 24.1. The third-order valence-electron chi connectivity index (χ3n) is 2.63. The van der Waals surface area contributed by atoms with Gasteiger partial charge in [0.2, 0.25) is 23.8 Å². The molecule has 1 saturated heterocycles. The van der Waals surface area contributed by atoms with Gasteiger partial charge in [0.25, 0.3) is 0 Å². The van der Waals surface area contributed by atoms with E-state index in [9.17, 15) is 19.6 Å². The first-order chi connectivity index (χ1) is 9.41. The number of likely N-dealkylation sites (tertiary alicyclic amines) is 1. The monoisotopic (exact) mass is 288 g/mol. The van der Waals surface area contributed by atoms with Gasteiger partial charge in [-0.15, -0.1) is 5.01 Å². The third kappa shape index (κ3) is 4.71. The van der Waals surface area contributed by atoms with E-state index < -0.39 is 12.7 Å². The average Bonchev–Trinajstić information content (AvgIpc) is 2.69. The average molecular weight is 288 g/mol. The molecule has 112 valence electrons.